The van der Waals surface area contributed by atoms with E-state index in [0.717, 1.165) is 16.9 Å². The summed E-state index contributed by atoms with van der Waals surface area (Å²) in [7, 11) is 1.61. The summed E-state index contributed by atoms with van der Waals surface area (Å²) in [5.74, 6) is 1.71. The third-order valence-corrected chi connectivity index (χ3v) is 6.11. The zero-order valence-electron chi connectivity index (χ0n) is 18.6. The first-order valence-electron chi connectivity index (χ1n) is 10.3. The molecule has 0 aliphatic rings. The average Bonchev–Trinajstić information content (AvgIpc) is 2.76. The lowest BCUT2D eigenvalue weighted by molar-refractivity contribution is -0.138. The molecule has 0 aliphatic carbocycles. The summed E-state index contributed by atoms with van der Waals surface area (Å²) < 4.78 is 5.30. The van der Waals surface area contributed by atoms with Crippen LogP contribution in [-0.4, -0.2) is 42.2 Å². The van der Waals surface area contributed by atoms with Crippen molar-refractivity contribution in [1.82, 2.24) is 10.2 Å². The van der Waals surface area contributed by atoms with E-state index >= 15 is 0 Å². The summed E-state index contributed by atoms with van der Waals surface area (Å²) in [4.78, 5) is 27.4. The highest BCUT2D eigenvalue weighted by Crippen LogP contribution is 2.22. The smallest absolute Gasteiger partial charge is 0.242 e. The summed E-state index contributed by atoms with van der Waals surface area (Å²) in [5.41, 5.74) is 1.90. The van der Waals surface area contributed by atoms with Crippen molar-refractivity contribution in [1.29, 1.82) is 0 Å². The largest absolute Gasteiger partial charge is 0.497 e. The number of nitrogens with zero attached hydrogens (tertiary/aromatic N) is 1. The Morgan fingerprint density at radius 2 is 1.87 bits per heavy atom. The van der Waals surface area contributed by atoms with Gasteiger partial charge < -0.3 is 15.0 Å². The Balaban J connectivity index is 2.10. The van der Waals surface area contributed by atoms with Gasteiger partial charge in [0.15, 0.2) is 0 Å². The van der Waals surface area contributed by atoms with Gasteiger partial charge in [-0.2, -0.15) is 0 Å². The van der Waals surface area contributed by atoms with Gasteiger partial charge in [0.05, 0.1) is 12.9 Å². The lowest BCUT2D eigenvalue weighted by Crippen LogP contribution is -2.48. The first kappa shape index (κ1) is 25.1. The number of carbonyl (C=O) groups is 2. The van der Waals surface area contributed by atoms with Crippen LogP contribution in [0.4, 0.5) is 0 Å². The van der Waals surface area contributed by atoms with E-state index in [9.17, 15) is 9.59 Å². The lowest BCUT2D eigenvalue weighted by Gasteiger charge is -2.29. The van der Waals surface area contributed by atoms with E-state index in [0.29, 0.717) is 29.8 Å². The van der Waals surface area contributed by atoms with Crippen molar-refractivity contribution in [2.45, 2.75) is 39.1 Å². The van der Waals surface area contributed by atoms with Gasteiger partial charge in [0.2, 0.25) is 11.8 Å². The second-order valence-electron chi connectivity index (χ2n) is 7.77. The van der Waals surface area contributed by atoms with Gasteiger partial charge >= 0.3 is 0 Å². The number of ether oxygens (including phenoxy) is 1. The molecule has 0 spiro atoms. The van der Waals surface area contributed by atoms with Crippen LogP contribution in [0.5, 0.6) is 5.75 Å². The number of nitrogens with one attached hydrogen (secondary N) is 1. The summed E-state index contributed by atoms with van der Waals surface area (Å²) in [6.07, 6.45) is 0. The fraction of sp³-hybridized carbons (Fsp3) is 0.417. The Bertz CT molecular complexity index is 875. The fourth-order valence-corrected chi connectivity index (χ4v) is 4.15. The minimum absolute atomic E-state index is 0.0907. The van der Waals surface area contributed by atoms with Gasteiger partial charge in [-0.25, -0.2) is 0 Å². The number of halogens is 1. The molecule has 0 unspecified atom stereocenters. The Labute approximate surface area is 194 Å². The van der Waals surface area contributed by atoms with Crippen molar-refractivity contribution < 1.29 is 14.3 Å². The van der Waals surface area contributed by atoms with E-state index in [-0.39, 0.29) is 17.6 Å². The molecule has 0 aromatic heterocycles. The monoisotopic (exact) mass is 462 g/mol. The Morgan fingerprint density at radius 3 is 2.55 bits per heavy atom. The van der Waals surface area contributed by atoms with Gasteiger partial charge in [-0.1, -0.05) is 55.8 Å². The minimum atomic E-state index is -0.585. The van der Waals surface area contributed by atoms with E-state index in [2.05, 4.69) is 5.32 Å². The normalized spacial score (nSPS) is 11.8. The second-order valence-corrected chi connectivity index (χ2v) is 9.17. The van der Waals surface area contributed by atoms with Crippen LogP contribution >= 0.6 is 23.4 Å². The van der Waals surface area contributed by atoms with Gasteiger partial charge in [-0.05, 0) is 42.2 Å². The van der Waals surface area contributed by atoms with Crippen molar-refractivity contribution in [3.05, 3.63) is 64.7 Å². The fourth-order valence-electron chi connectivity index (χ4n) is 2.95. The second kappa shape index (κ2) is 12.6. The molecule has 168 valence electrons. The van der Waals surface area contributed by atoms with Crippen LogP contribution in [0.3, 0.4) is 0 Å². The summed E-state index contributed by atoms with van der Waals surface area (Å²) in [6.45, 7) is 6.75. The Kier molecular flexibility index (Phi) is 10.2. The van der Waals surface area contributed by atoms with Gasteiger partial charge in [-0.3, -0.25) is 9.59 Å². The molecule has 2 aromatic rings. The van der Waals surface area contributed by atoms with Crippen LogP contribution in [-0.2, 0) is 21.9 Å². The third kappa shape index (κ3) is 8.11. The highest BCUT2D eigenvalue weighted by Gasteiger charge is 2.26. The van der Waals surface area contributed by atoms with Crippen LogP contribution in [0.15, 0.2) is 48.5 Å². The van der Waals surface area contributed by atoms with Crippen LogP contribution in [0.2, 0.25) is 5.02 Å². The maximum absolute atomic E-state index is 13.1. The molecule has 1 N–H and O–H groups in total. The summed E-state index contributed by atoms with van der Waals surface area (Å²) in [5, 5.41) is 3.62. The molecule has 0 radical (unpaired) electrons. The van der Waals surface area contributed by atoms with Crippen LogP contribution in [0.1, 0.15) is 31.9 Å². The van der Waals surface area contributed by atoms with E-state index in [1.807, 2.05) is 62.4 Å². The third-order valence-electron chi connectivity index (χ3n) is 4.78. The molecule has 0 saturated heterocycles. The Morgan fingerprint density at radius 1 is 1.13 bits per heavy atom. The van der Waals surface area contributed by atoms with Crippen LogP contribution in [0.25, 0.3) is 0 Å². The van der Waals surface area contributed by atoms with Gasteiger partial charge in [0, 0.05) is 23.9 Å². The predicted octanol–water partition coefficient (Wildman–Crippen LogP) is 4.77. The topological polar surface area (TPSA) is 58.6 Å². The van der Waals surface area contributed by atoms with Gasteiger partial charge in [0.1, 0.15) is 11.8 Å². The zero-order valence-corrected chi connectivity index (χ0v) is 20.1. The number of rotatable bonds is 11. The number of methoxy groups -OCH3 is 1. The van der Waals surface area contributed by atoms with Crippen molar-refractivity contribution in [3.8, 4) is 5.75 Å². The molecule has 2 amide bonds. The average molecular weight is 463 g/mol. The minimum Gasteiger partial charge on any atom is -0.497 e. The molecule has 2 aromatic carbocycles. The first-order valence-corrected chi connectivity index (χ1v) is 11.9. The molecular formula is C24H31ClN2O3S. The summed E-state index contributed by atoms with van der Waals surface area (Å²) >= 11 is 7.71. The standard InChI is InChI=1S/C24H31ClN2O3S/c1-17(2)13-26-24(29)18(3)27(14-19-8-7-10-21(12-19)30-4)23(28)16-31-15-20-9-5-6-11-22(20)25/h5-12,17-18H,13-16H2,1-4H3,(H,26,29)/t18-/m1/s1. The van der Waals surface area contributed by atoms with Gasteiger partial charge in [0.25, 0.3) is 0 Å². The predicted molar refractivity (Wildman–Crippen MR) is 128 cm³/mol. The molecular weight excluding hydrogens is 432 g/mol. The van der Waals surface area contributed by atoms with E-state index in [1.165, 1.54) is 11.8 Å². The molecule has 0 fully saturated rings. The maximum atomic E-state index is 13.1. The van der Waals surface area contributed by atoms with Crippen LogP contribution in [0, 0.1) is 5.92 Å². The first-order chi connectivity index (χ1) is 14.8. The molecule has 0 saturated carbocycles. The molecule has 7 heteroatoms. The number of hydrogen-bond donors (Lipinski definition) is 1. The maximum Gasteiger partial charge on any atom is 0.242 e. The van der Waals surface area contributed by atoms with E-state index < -0.39 is 6.04 Å². The molecule has 0 aliphatic heterocycles. The molecule has 31 heavy (non-hydrogen) atoms. The van der Waals surface area contributed by atoms with Crippen molar-refractivity contribution in [2.75, 3.05) is 19.4 Å². The van der Waals surface area contributed by atoms with E-state index in [1.54, 1.807) is 18.9 Å². The Hall–Kier alpha value is -2.18. The number of carbonyl (C=O) groups excluding carboxylic acids is 2. The molecule has 0 heterocycles. The zero-order chi connectivity index (χ0) is 22.8. The highest BCUT2D eigenvalue weighted by molar-refractivity contribution is 7.99. The molecule has 1 atom stereocenters. The van der Waals surface area contributed by atoms with E-state index in [4.69, 9.17) is 16.3 Å². The highest BCUT2D eigenvalue weighted by atomic mass is 35.5. The number of benzene rings is 2. The lowest BCUT2D eigenvalue weighted by atomic mass is 10.1. The molecule has 0 bridgehead atoms. The van der Waals surface area contributed by atoms with Gasteiger partial charge in [-0.15, -0.1) is 11.8 Å². The van der Waals surface area contributed by atoms with Crippen molar-refractivity contribution in [2.24, 2.45) is 5.92 Å². The van der Waals surface area contributed by atoms with Crippen molar-refractivity contribution in [3.63, 3.8) is 0 Å². The quantitative estimate of drug-likeness (QED) is 0.522. The SMILES string of the molecule is COc1cccc(CN(C(=O)CSCc2ccccc2Cl)[C@H](C)C(=O)NCC(C)C)c1. The number of amides is 2. The van der Waals surface area contributed by atoms with Crippen molar-refractivity contribution >= 4 is 35.2 Å². The number of hydrogen-bond acceptors (Lipinski definition) is 4. The molecule has 2 rings (SSSR count). The molecule has 5 nitrogen and oxygen atoms in total. The summed E-state index contributed by atoms with van der Waals surface area (Å²) in [6, 6.07) is 14.6. The van der Waals surface area contributed by atoms with Crippen LogP contribution < -0.4 is 10.1 Å². The number of thioether (sulfide) groups is 1.